The van der Waals surface area contributed by atoms with Crippen molar-refractivity contribution in [3.63, 3.8) is 0 Å². The zero-order valence-corrected chi connectivity index (χ0v) is 15.7. The van der Waals surface area contributed by atoms with Crippen molar-refractivity contribution in [3.8, 4) is 5.75 Å². The number of benzene rings is 1. The monoisotopic (exact) mass is 407 g/mol. The van der Waals surface area contributed by atoms with Gasteiger partial charge in [-0.15, -0.1) is 24.8 Å². The summed E-state index contributed by atoms with van der Waals surface area (Å²) in [6, 6.07) is 7.08. The fourth-order valence-corrected chi connectivity index (χ4v) is 2.81. The minimum Gasteiger partial charge on any atom is -0.481 e. The van der Waals surface area contributed by atoms with E-state index < -0.39 is 6.10 Å². The van der Waals surface area contributed by atoms with Crippen LogP contribution >= 0.6 is 36.4 Å². The molecule has 1 aromatic heterocycles. The van der Waals surface area contributed by atoms with Crippen molar-refractivity contribution in [2.75, 3.05) is 26.2 Å². The van der Waals surface area contributed by atoms with Crippen molar-refractivity contribution >= 4 is 53.2 Å². The molecule has 9 heteroatoms. The Labute approximate surface area is 163 Å². The van der Waals surface area contributed by atoms with E-state index in [0.717, 1.165) is 5.39 Å². The molecule has 0 saturated carbocycles. The molecule has 138 valence electrons. The lowest BCUT2D eigenvalue weighted by atomic mass is 10.1. The van der Waals surface area contributed by atoms with Gasteiger partial charge in [-0.05, 0) is 24.3 Å². The maximum Gasteiger partial charge on any atom is 0.257 e. The molecule has 1 aliphatic rings. The van der Waals surface area contributed by atoms with E-state index in [2.05, 4.69) is 15.6 Å². The quantitative estimate of drug-likeness (QED) is 0.703. The average Bonchev–Trinajstić information content (AvgIpc) is 2.98. The number of ether oxygens (including phenoxy) is 1. The third-order valence-corrected chi connectivity index (χ3v) is 4.23. The Morgan fingerprint density at radius 1 is 1.36 bits per heavy atom. The van der Waals surface area contributed by atoms with Gasteiger partial charge in [-0.25, -0.2) is 0 Å². The van der Waals surface area contributed by atoms with Crippen LogP contribution in [-0.2, 0) is 4.79 Å². The largest absolute Gasteiger partial charge is 0.481 e. The number of hydrogen-bond donors (Lipinski definition) is 3. The van der Waals surface area contributed by atoms with Gasteiger partial charge in [0.05, 0.1) is 11.1 Å². The molecule has 0 bridgehead atoms. The van der Waals surface area contributed by atoms with Gasteiger partial charge in [-0.1, -0.05) is 11.6 Å². The van der Waals surface area contributed by atoms with Gasteiger partial charge < -0.3 is 20.5 Å². The van der Waals surface area contributed by atoms with E-state index in [1.165, 1.54) is 0 Å². The molecule has 1 aliphatic heterocycles. The second kappa shape index (κ2) is 9.99. The fraction of sp³-hybridized carbons (Fsp3) is 0.375. The van der Waals surface area contributed by atoms with Crippen molar-refractivity contribution in [3.05, 3.63) is 35.5 Å². The van der Waals surface area contributed by atoms with Crippen LogP contribution < -0.4 is 15.4 Å². The van der Waals surface area contributed by atoms with E-state index in [0.29, 0.717) is 35.9 Å². The molecule has 1 aromatic carbocycles. The first kappa shape index (κ1) is 21.7. The molecule has 0 spiro atoms. The zero-order chi connectivity index (χ0) is 16.2. The van der Waals surface area contributed by atoms with Crippen LogP contribution in [0.1, 0.15) is 0 Å². The Balaban J connectivity index is 0.00000156. The van der Waals surface area contributed by atoms with E-state index in [-0.39, 0.29) is 43.2 Å². The molecule has 2 atom stereocenters. The number of carbonyl (C=O) groups excluding carboxylic acids is 1. The predicted octanol–water partition coefficient (Wildman–Crippen LogP) is 1.81. The molecule has 0 aliphatic carbocycles. The van der Waals surface area contributed by atoms with Crippen molar-refractivity contribution in [1.29, 1.82) is 0 Å². The molecule has 25 heavy (non-hydrogen) atoms. The highest BCUT2D eigenvalue weighted by molar-refractivity contribution is 6.35. The molecule has 1 amide bonds. The molecule has 0 radical (unpaired) electrons. The number of aliphatic hydroxyl groups is 1. The number of rotatable bonds is 5. The number of halogens is 3. The van der Waals surface area contributed by atoms with Crippen molar-refractivity contribution in [2.24, 2.45) is 5.92 Å². The number of fused-ring (bicyclic) bond motifs is 1. The van der Waals surface area contributed by atoms with Gasteiger partial charge in [-0.3, -0.25) is 9.78 Å². The number of nitrogens with one attached hydrogen (secondary N) is 2. The van der Waals surface area contributed by atoms with Gasteiger partial charge in [0.25, 0.3) is 5.91 Å². The second-order valence-corrected chi connectivity index (χ2v) is 5.93. The first-order valence-electron chi connectivity index (χ1n) is 7.46. The summed E-state index contributed by atoms with van der Waals surface area (Å²) in [7, 11) is 0. The first-order chi connectivity index (χ1) is 11.1. The summed E-state index contributed by atoms with van der Waals surface area (Å²) in [4.78, 5) is 16.2. The SMILES string of the molecule is Cl.Cl.O=C(COc1ccc(Cl)c2cccnc12)NCC1CNCC1O. The highest BCUT2D eigenvalue weighted by Gasteiger charge is 2.25. The van der Waals surface area contributed by atoms with Crippen LogP contribution in [-0.4, -0.2) is 48.3 Å². The topological polar surface area (TPSA) is 83.5 Å². The van der Waals surface area contributed by atoms with Crippen LogP contribution in [0.2, 0.25) is 5.02 Å². The molecule has 2 heterocycles. The van der Waals surface area contributed by atoms with Crippen molar-refractivity contribution in [1.82, 2.24) is 15.6 Å². The predicted molar refractivity (Wildman–Crippen MR) is 102 cm³/mol. The van der Waals surface area contributed by atoms with Gasteiger partial charge in [0.1, 0.15) is 11.3 Å². The molecular formula is C16H20Cl3N3O3. The van der Waals surface area contributed by atoms with Gasteiger partial charge >= 0.3 is 0 Å². The summed E-state index contributed by atoms with van der Waals surface area (Å²) >= 11 is 6.12. The third kappa shape index (κ3) is 5.33. The lowest BCUT2D eigenvalue weighted by molar-refractivity contribution is -0.123. The summed E-state index contributed by atoms with van der Waals surface area (Å²) in [5, 5.41) is 16.9. The van der Waals surface area contributed by atoms with Crippen molar-refractivity contribution < 1.29 is 14.6 Å². The standard InChI is InChI=1S/C16H18ClN3O3.2ClH/c17-12-3-4-14(16-11(12)2-1-5-19-16)23-9-15(22)20-7-10-6-18-8-13(10)21;;/h1-5,10,13,18,21H,6-9H2,(H,20,22);2*1H. The molecule has 6 nitrogen and oxygen atoms in total. The number of nitrogens with zero attached hydrogens (tertiary/aromatic N) is 1. The van der Waals surface area contributed by atoms with E-state index in [4.69, 9.17) is 16.3 Å². The van der Waals surface area contributed by atoms with E-state index in [1.807, 2.05) is 6.07 Å². The summed E-state index contributed by atoms with van der Waals surface area (Å²) in [5.41, 5.74) is 0.628. The van der Waals surface area contributed by atoms with E-state index >= 15 is 0 Å². The van der Waals surface area contributed by atoms with Gasteiger partial charge in [0.2, 0.25) is 0 Å². The molecule has 1 fully saturated rings. The first-order valence-corrected chi connectivity index (χ1v) is 7.84. The van der Waals surface area contributed by atoms with Crippen LogP contribution in [0.5, 0.6) is 5.75 Å². The lowest BCUT2D eigenvalue weighted by Gasteiger charge is -2.14. The van der Waals surface area contributed by atoms with Gasteiger partial charge in [0.15, 0.2) is 6.61 Å². The average molecular weight is 409 g/mol. The highest BCUT2D eigenvalue weighted by Crippen LogP contribution is 2.29. The highest BCUT2D eigenvalue weighted by atomic mass is 35.5. The summed E-state index contributed by atoms with van der Waals surface area (Å²) < 4.78 is 5.57. The second-order valence-electron chi connectivity index (χ2n) is 5.52. The normalized spacial score (nSPS) is 19.0. The zero-order valence-electron chi connectivity index (χ0n) is 13.3. The Morgan fingerprint density at radius 2 is 2.16 bits per heavy atom. The van der Waals surface area contributed by atoms with Gasteiger partial charge in [-0.2, -0.15) is 0 Å². The van der Waals surface area contributed by atoms with Crippen molar-refractivity contribution in [2.45, 2.75) is 6.10 Å². The Kier molecular flexibility index (Phi) is 8.68. The van der Waals surface area contributed by atoms with Crippen LogP contribution in [0.15, 0.2) is 30.5 Å². The minimum atomic E-state index is -0.416. The number of aromatic nitrogens is 1. The summed E-state index contributed by atoms with van der Waals surface area (Å²) in [6.07, 6.45) is 1.24. The fourth-order valence-electron chi connectivity index (χ4n) is 2.60. The Bertz CT molecular complexity index is 717. The van der Waals surface area contributed by atoms with E-state index in [9.17, 15) is 9.90 Å². The molecule has 2 unspecified atom stereocenters. The number of hydrogen-bond acceptors (Lipinski definition) is 5. The summed E-state index contributed by atoms with van der Waals surface area (Å²) in [6.45, 7) is 1.59. The van der Waals surface area contributed by atoms with Crippen LogP contribution in [0, 0.1) is 5.92 Å². The number of pyridine rings is 1. The third-order valence-electron chi connectivity index (χ3n) is 3.90. The smallest absolute Gasteiger partial charge is 0.257 e. The molecule has 1 saturated heterocycles. The lowest BCUT2D eigenvalue weighted by Crippen LogP contribution is -2.36. The molecule has 3 rings (SSSR count). The van der Waals surface area contributed by atoms with Crippen LogP contribution in [0.4, 0.5) is 0 Å². The molecular weight excluding hydrogens is 389 g/mol. The number of β-amino-alcohol motifs (C(OH)–C–C–N with tert-alkyl or cyclic N) is 1. The Morgan fingerprint density at radius 3 is 2.88 bits per heavy atom. The maximum absolute atomic E-state index is 11.9. The molecule has 3 N–H and O–H groups in total. The van der Waals surface area contributed by atoms with Crippen LogP contribution in [0.3, 0.4) is 0 Å². The summed E-state index contributed by atoms with van der Waals surface area (Å²) in [5.74, 6) is 0.322. The number of carbonyl (C=O) groups is 1. The minimum absolute atomic E-state index is 0. The Hall–Kier alpha value is -1.31. The van der Waals surface area contributed by atoms with Crippen LogP contribution in [0.25, 0.3) is 10.9 Å². The van der Waals surface area contributed by atoms with E-state index in [1.54, 1.807) is 24.4 Å². The number of aliphatic hydroxyl groups excluding tert-OH is 1. The maximum atomic E-state index is 11.9. The van der Waals surface area contributed by atoms with Gasteiger partial charge in [0, 0.05) is 37.1 Å². The number of amides is 1. The molecule has 2 aromatic rings.